The lowest BCUT2D eigenvalue weighted by Crippen LogP contribution is -2.20. The summed E-state index contributed by atoms with van der Waals surface area (Å²) in [4.78, 5) is 24.0. The molecule has 2 rings (SSSR count). The van der Waals surface area contributed by atoms with Crippen LogP contribution in [0.4, 0.5) is 5.69 Å². The summed E-state index contributed by atoms with van der Waals surface area (Å²) in [6, 6.07) is 12.3. The number of carbonyl (C=O) groups is 2. The molecule has 0 unspecified atom stereocenters. The maximum Gasteiger partial charge on any atom is 0.338 e. The molecule has 1 amide bonds. The van der Waals surface area contributed by atoms with Gasteiger partial charge in [-0.25, -0.2) is 4.79 Å². The Bertz CT molecular complexity index is 800. The molecule has 2 aromatic carbocycles. The number of halogens is 1. The van der Waals surface area contributed by atoms with E-state index in [1.807, 2.05) is 18.2 Å². The fourth-order valence-corrected chi connectivity index (χ4v) is 2.79. The average Bonchev–Trinajstić information content (AvgIpc) is 2.60. The van der Waals surface area contributed by atoms with Crippen LogP contribution in [0.5, 0.6) is 5.75 Å². The maximum absolute atomic E-state index is 12.2. The first-order valence-electron chi connectivity index (χ1n) is 8.79. The smallest absolute Gasteiger partial charge is 0.338 e. The predicted octanol–water partition coefficient (Wildman–Crippen LogP) is 5.16. The largest absolute Gasteiger partial charge is 0.483 e. The Morgan fingerprint density at radius 3 is 2.30 bits per heavy atom. The van der Waals surface area contributed by atoms with Crippen molar-refractivity contribution in [1.82, 2.24) is 0 Å². The van der Waals surface area contributed by atoms with Crippen molar-refractivity contribution >= 4 is 33.5 Å². The average molecular weight is 434 g/mol. The molecule has 0 aliphatic rings. The van der Waals surface area contributed by atoms with Crippen molar-refractivity contribution in [3.05, 3.63) is 58.1 Å². The number of hydrogen-bond acceptors (Lipinski definition) is 4. The van der Waals surface area contributed by atoms with Crippen molar-refractivity contribution < 1.29 is 19.1 Å². The molecular weight excluding hydrogens is 410 g/mol. The van der Waals surface area contributed by atoms with Gasteiger partial charge < -0.3 is 14.8 Å². The first kappa shape index (κ1) is 21.0. The molecule has 1 N–H and O–H groups in total. The quantitative estimate of drug-likeness (QED) is 0.612. The third-order valence-electron chi connectivity index (χ3n) is 3.70. The van der Waals surface area contributed by atoms with E-state index in [1.54, 1.807) is 38.1 Å². The van der Waals surface area contributed by atoms with Gasteiger partial charge in [0.25, 0.3) is 5.91 Å². The van der Waals surface area contributed by atoms with Crippen LogP contribution in [0, 0.1) is 0 Å². The van der Waals surface area contributed by atoms with Gasteiger partial charge in [0.15, 0.2) is 6.61 Å². The van der Waals surface area contributed by atoms with Crippen LogP contribution in [-0.2, 0) is 9.53 Å². The summed E-state index contributed by atoms with van der Waals surface area (Å²) in [7, 11) is 0. The Morgan fingerprint density at radius 2 is 1.70 bits per heavy atom. The van der Waals surface area contributed by atoms with Gasteiger partial charge in [-0.2, -0.15) is 0 Å². The zero-order chi connectivity index (χ0) is 20.0. The molecule has 0 bridgehead atoms. The Hall–Kier alpha value is -2.34. The van der Waals surface area contributed by atoms with Crippen LogP contribution in [0.2, 0.25) is 0 Å². The number of hydrogen-bond donors (Lipinski definition) is 1. The third-order valence-corrected chi connectivity index (χ3v) is 4.19. The minimum absolute atomic E-state index is 0.0987. The molecule has 27 heavy (non-hydrogen) atoms. The van der Waals surface area contributed by atoms with Gasteiger partial charge in [0, 0.05) is 10.2 Å². The Kier molecular flexibility index (Phi) is 7.42. The van der Waals surface area contributed by atoms with Crippen LogP contribution in [0.3, 0.4) is 0 Å². The highest BCUT2D eigenvalue weighted by Gasteiger charge is 2.12. The summed E-state index contributed by atoms with van der Waals surface area (Å²) in [5, 5.41) is 2.75. The zero-order valence-electron chi connectivity index (χ0n) is 15.9. The first-order valence-corrected chi connectivity index (χ1v) is 9.58. The fourth-order valence-electron chi connectivity index (χ4n) is 2.41. The van der Waals surface area contributed by atoms with Crippen molar-refractivity contribution in [2.24, 2.45) is 0 Å². The molecule has 0 aliphatic carbocycles. The number of carbonyl (C=O) groups excluding carboxylic acids is 2. The lowest BCUT2D eigenvalue weighted by Gasteiger charge is -2.14. The van der Waals surface area contributed by atoms with Gasteiger partial charge in [0.2, 0.25) is 0 Å². The van der Waals surface area contributed by atoms with Gasteiger partial charge in [0.05, 0.1) is 11.7 Å². The molecular formula is C21H24BrNO4. The van der Waals surface area contributed by atoms with E-state index in [1.165, 1.54) is 0 Å². The molecule has 0 atom stereocenters. The predicted molar refractivity (Wildman–Crippen MR) is 109 cm³/mol. The van der Waals surface area contributed by atoms with E-state index in [0.29, 0.717) is 17.0 Å². The van der Waals surface area contributed by atoms with Crippen molar-refractivity contribution in [3.8, 4) is 5.75 Å². The number of amides is 1. The van der Waals surface area contributed by atoms with Crippen LogP contribution in [0.15, 0.2) is 46.9 Å². The molecule has 0 spiro atoms. The Balaban J connectivity index is 1.94. The van der Waals surface area contributed by atoms with Crippen molar-refractivity contribution in [3.63, 3.8) is 0 Å². The van der Waals surface area contributed by atoms with E-state index >= 15 is 0 Å². The summed E-state index contributed by atoms with van der Waals surface area (Å²) in [5.41, 5.74) is 2.06. The van der Waals surface area contributed by atoms with Crippen LogP contribution in [-0.4, -0.2) is 24.6 Å². The van der Waals surface area contributed by atoms with E-state index in [-0.39, 0.29) is 30.5 Å². The normalized spacial score (nSPS) is 10.8. The van der Waals surface area contributed by atoms with Crippen LogP contribution in [0.25, 0.3) is 0 Å². The van der Waals surface area contributed by atoms with Gasteiger partial charge in [0.1, 0.15) is 5.75 Å². The van der Waals surface area contributed by atoms with Gasteiger partial charge in [-0.15, -0.1) is 0 Å². The van der Waals surface area contributed by atoms with Gasteiger partial charge in [-0.1, -0.05) is 29.8 Å². The lowest BCUT2D eigenvalue weighted by molar-refractivity contribution is -0.118. The van der Waals surface area contributed by atoms with E-state index in [2.05, 4.69) is 35.1 Å². The molecule has 2 aromatic rings. The topological polar surface area (TPSA) is 64.6 Å². The summed E-state index contributed by atoms with van der Waals surface area (Å²) in [5.74, 6) is 0.307. The molecule has 0 aliphatic heterocycles. The van der Waals surface area contributed by atoms with E-state index in [0.717, 1.165) is 10.0 Å². The number of ether oxygens (including phenoxy) is 2. The second-order valence-corrected chi connectivity index (χ2v) is 7.62. The molecule has 6 heteroatoms. The summed E-state index contributed by atoms with van der Waals surface area (Å²) in [6.07, 6.45) is -0.177. The van der Waals surface area contributed by atoms with Crippen molar-refractivity contribution in [2.45, 2.75) is 39.7 Å². The molecule has 0 aromatic heterocycles. The highest BCUT2D eigenvalue weighted by Crippen LogP contribution is 2.29. The summed E-state index contributed by atoms with van der Waals surface area (Å²) >= 11 is 3.45. The van der Waals surface area contributed by atoms with E-state index in [9.17, 15) is 9.59 Å². The zero-order valence-corrected chi connectivity index (χ0v) is 17.5. The van der Waals surface area contributed by atoms with Crippen LogP contribution < -0.4 is 10.1 Å². The van der Waals surface area contributed by atoms with Gasteiger partial charge in [-0.3, -0.25) is 4.79 Å². The second kappa shape index (κ2) is 9.55. The summed E-state index contributed by atoms with van der Waals surface area (Å²) < 4.78 is 11.8. The molecule has 0 heterocycles. The number of esters is 1. The SMILES string of the molecule is CC(C)OC(=O)c1ccc(NC(=O)COc2ccc(Br)cc2C(C)C)cc1. The monoisotopic (exact) mass is 433 g/mol. The van der Waals surface area contributed by atoms with Crippen molar-refractivity contribution in [2.75, 3.05) is 11.9 Å². The minimum atomic E-state index is -0.386. The maximum atomic E-state index is 12.2. The minimum Gasteiger partial charge on any atom is -0.483 e. The Morgan fingerprint density at radius 1 is 1.04 bits per heavy atom. The number of anilines is 1. The van der Waals surface area contributed by atoms with Gasteiger partial charge in [-0.05, 0) is 67.8 Å². The standard InChI is InChI=1S/C21H24BrNO4/c1-13(2)18-11-16(22)7-10-19(18)26-12-20(24)23-17-8-5-15(6-9-17)21(25)27-14(3)4/h5-11,13-14H,12H2,1-4H3,(H,23,24). The van der Waals surface area contributed by atoms with E-state index < -0.39 is 0 Å². The third kappa shape index (κ3) is 6.40. The highest BCUT2D eigenvalue weighted by molar-refractivity contribution is 9.10. The van der Waals surface area contributed by atoms with E-state index in [4.69, 9.17) is 9.47 Å². The van der Waals surface area contributed by atoms with Crippen LogP contribution >= 0.6 is 15.9 Å². The number of rotatable bonds is 7. The molecule has 5 nitrogen and oxygen atoms in total. The summed E-state index contributed by atoms with van der Waals surface area (Å²) in [6.45, 7) is 7.63. The fraction of sp³-hybridized carbons (Fsp3) is 0.333. The molecule has 0 fully saturated rings. The highest BCUT2D eigenvalue weighted by atomic mass is 79.9. The molecule has 0 saturated heterocycles. The molecule has 144 valence electrons. The van der Waals surface area contributed by atoms with Gasteiger partial charge >= 0.3 is 5.97 Å². The molecule has 0 saturated carbocycles. The number of nitrogens with one attached hydrogen (secondary N) is 1. The first-order chi connectivity index (χ1) is 12.8. The molecule has 0 radical (unpaired) electrons. The number of benzene rings is 2. The Labute approximate surface area is 168 Å². The lowest BCUT2D eigenvalue weighted by atomic mass is 10.0. The van der Waals surface area contributed by atoms with Crippen molar-refractivity contribution in [1.29, 1.82) is 0 Å². The second-order valence-electron chi connectivity index (χ2n) is 6.71. The van der Waals surface area contributed by atoms with Crippen LogP contribution in [0.1, 0.15) is 49.5 Å².